The molecule has 17 heavy (non-hydrogen) atoms. The summed E-state index contributed by atoms with van der Waals surface area (Å²) in [5, 5.41) is 3.13. The molecular formula is C13H16N2OS. The van der Waals surface area contributed by atoms with E-state index in [0.29, 0.717) is 6.04 Å². The Balaban J connectivity index is 1.59. The molecule has 0 aromatic heterocycles. The normalized spacial score (nSPS) is 30.5. The maximum atomic E-state index is 12.1. The highest BCUT2D eigenvalue weighted by Crippen LogP contribution is 2.37. The van der Waals surface area contributed by atoms with Crippen LogP contribution in [-0.2, 0) is 11.2 Å². The van der Waals surface area contributed by atoms with Crippen molar-refractivity contribution in [2.75, 3.05) is 0 Å². The second-order valence-electron chi connectivity index (χ2n) is 4.86. The number of rotatable bonds is 2. The number of carbonyl (C=O) groups is 1. The van der Waals surface area contributed by atoms with Crippen molar-refractivity contribution >= 4 is 17.7 Å². The molecule has 1 aliphatic carbocycles. The van der Waals surface area contributed by atoms with Gasteiger partial charge in [-0.15, -0.1) is 11.8 Å². The summed E-state index contributed by atoms with van der Waals surface area (Å²) in [5.74, 6) is 0.170. The molecule has 0 radical (unpaired) electrons. The van der Waals surface area contributed by atoms with Gasteiger partial charge < -0.3 is 11.1 Å². The van der Waals surface area contributed by atoms with Gasteiger partial charge in [0.25, 0.3) is 0 Å². The van der Waals surface area contributed by atoms with E-state index in [2.05, 4.69) is 17.4 Å². The van der Waals surface area contributed by atoms with Gasteiger partial charge in [0, 0.05) is 17.0 Å². The predicted octanol–water partition coefficient (Wildman–Crippen LogP) is 1.31. The van der Waals surface area contributed by atoms with Gasteiger partial charge in [-0.25, -0.2) is 0 Å². The van der Waals surface area contributed by atoms with Crippen LogP contribution in [0.4, 0.5) is 0 Å². The van der Waals surface area contributed by atoms with Crippen LogP contribution < -0.4 is 11.1 Å². The van der Waals surface area contributed by atoms with Crippen molar-refractivity contribution in [2.45, 2.75) is 41.5 Å². The van der Waals surface area contributed by atoms with Crippen LogP contribution in [0, 0.1) is 0 Å². The highest BCUT2D eigenvalue weighted by Gasteiger charge is 2.32. The highest BCUT2D eigenvalue weighted by atomic mass is 32.2. The number of nitrogens with two attached hydrogens (primary N) is 1. The van der Waals surface area contributed by atoms with Gasteiger partial charge in [0.05, 0.1) is 5.25 Å². The third-order valence-corrected chi connectivity index (χ3v) is 4.78. The smallest absolute Gasteiger partial charge is 0.234 e. The third-order valence-electron chi connectivity index (χ3n) is 3.46. The minimum atomic E-state index is 0.0456. The number of nitrogens with one attached hydrogen (secondary N) is 1. The van der Waals surface area contributed by atoms with E-state index in [0.717, 1.165) is 19.3 Å². The standard InChI is InChI=1S/C13H16N2OS/c14-9-6-10(7-9)15-13(16)12-5-8-3-1-2-4-11(8)17-12/h1-4,9-10,12H,5-7,14H2,(H,15,16). The molecule has 3 N–H and O–H groups in total. The van der Waals surface area contributed by atoms with E-state index >= 15 is 0 Å². The Morgan fingerprint density at radius 3 is 2.82 bits per heavy atom. The Morgan fingerprint density at radius 2 is 2.12 bits per heavy atom. The fourth-order valence-electron chi connectivity index (χ4n) is 2.40. The van der Waals surface area contributed by atoms with Crippen LogP contribution >= 0.6 is 11.8 Å². The lowest BCUT2D eigenvalue weighted by atomic mass is 9.87. The zero-order chi connectivity index (χ0) is 11.8. The second-order valence-corrected chi connectivity index (χ2v) is 6.10. The molecule has 4 heteroatoms. The molecule has 2 aliphatic rings. The summed E-state index contributed by atoms with van der Waals surface area (Å²) in [6.07, 6.45) is 2.71. The first-order valence-electron chi connectivity index (χ1n) is 6.03. The summed E-state index contributed by atoms with van der Waals surface area (Å²) in [6, 6.07) is 8.85. The van der Waals surface area contributed by atoms with Crippen molar-refractivity contribution in [3.63, 3.8) is 0 Å². The van der Waals surface area contributed by atoms with Gasteiger partial charge in [-0.3, -0.25) is 4.79 Å². The van der Waals surface area contributed by atoms with Crippen LogP contribution in [-0.4, -0.2) is 23.2 Å². The van der Waals surface area contributed by atoms with Crippen molar-refractivity contribution in [1.29, 1.82) is 0 Å². The van der Waals surface area contributed by atoms with Gasteiger partial charge in [-0.2, -0.15) is 0 Å². The SMILES string of the molecule is NC1CC(NC(=O)C2Cc3ccccc3S2)C1. The van der Waals surface area contributed by atoms with Crippen LogP contribution in [0.3, 0.4) is 0 Å². The average Bonchev–Trinajstić information content (AvgIpc) is 2.70. The van der Waals surface area contributed by atoms with Gasteiger partial charge in [-0.05, 0) is 30.9 Å². The molecule has 1 aliphatic heterocycles. The molecule has 0 saturated heterocycles. The molecule has 1 amide bonds. The van der Waals surface area contributed by atoms with Crippen molar-refractivity contribution in [1.82, 2.24) is 5.32 Å². The van der Waals surface area contributed by atoms with E-state index in [9.17, 15) is 4.79 Å². The molecule has 1 atom stereocenters. The van der Waals surface area contributed by atoms with E-state index in [-0.39, 0.29) is 17.2 Å². The maximum absolute atomic E-state index is 12.1. The Bertz CT molecular complexity index is 418. The van der Waals surface area contributed by atoms with Gasteiger partial charge in [0.2, 0.25) is 5.91 Å². The summed E-state index contributed by atoms with van der Waals surface area (Å²) >= 11 is 1.68. The molecule has 1 unspecified atom stereocenters. The fourth-order valence-corrected chi connectivity index (χ4v) is 3.61. The molecular weight excluding hydrogens is 232 g/mol. The van der Waals surface area contributed by atoms with Crippen molar-refractivity contribution < 1.29 is 4.79 Å². The number of hydrogen-bond donors (Lipinski definition) is 2. The lowest BCUT2D eigenvalue weighted by Crippen LogP contribution is -2.52. The van der Waals surface area contributed by atoms with E-state index in [1.165, 1.54) is 10.5 Å². The van der Waals surface area contributed by atoms with E-state index in [1.807, 2.05) is 12.1 Å². The quantitative estimate of drug-likeness (QED) is 0.829. The van der Waals surface area contributed by atoms with E-state index < -0.39 is 0 Å². The Labute approximate surface area is 105 Å². The minimum absolute atomic E-state index is 0.0456. The lowest BCUT2D eigenvalue weighted by Gasteiger charge is -2.33. The predicted molar refractivity (Wildman–Crippen MR) is 68.9 cm³/mol. The summed E-state index contributed by atoms with van der Waals surface area (Å²) in [6.45, 7) is 0. The first kappa shape index (κ1) is 11.1. The number of hydrogen-bond acceptors (Lipinski definition) is 3. The number of amides is 1. The first-order chi connectivity index (χ1) is 8.22. The number of thioether (sulfide) groups is 1. The molecule has 0 bridgehead atoms. The lowest BCUT2D eigenvalue weighted by molar-refractivity contribution is -0.121. The zero-order valence-corrected chi connectivity index (χ0v) is 10.4. The second kappa shape index (κ2) is 4.35. The number of benzene rings is 1. The summed E-state index contributed by atoms with van der Waals surface area (Å²) in [5.41, 5.74) is 7.00. The van der Waals surface area contributed by atoms with Gasteiger partial charge >= 0.3 is 0 Å². The molecule has 1 fully saturated rings. The molecule has 1 heterocycles. The van der Waals surface area contributed by atoms with Gasteiger partial charge in [0.1, 0.15) is 0 Å². The van der Waals surface area contributed by atoms with Gasteiger partial charge in [-0.1, -0.05) is 18.2 Å². The van der Waals surface area contributed by atoms with Crippen LogP contribution in [0.1, 0.15) is 18.4 Å². The summed E-state index contributed by atoms with van der Waals surface area (Å²) in [4.78, 5) is 13.3. The van der Waals surface area contributed by atoms with E-state index in [1.54, 1.807) is 11.8 Å². The van der Waals surface area contributed by atoms with E-state index in [4.69, 9.17) is 5.73 Å². The maximum Gasteiger partial charge on any atom is 0.234 e. The Morgan fingerprint density at radius 1 is 1.35 bits per heavy atom. The third kappa shape index (κ3) is 2.19. The highest BCUT2D eigenvalue weighted by molar-refractivity contribution is 8.01. The van der Waals surface area contributed by atoms with Crippen molar-refractivity contribution in [3.8, 4) is 0 Å². The molecule has 3 nitrogen and oxygen atoms in total. The monoisotopic (exact) mass is 248 g/mol. The molecule has 1 aromatic rings. The van der Waals surface area contributed by atoms with Crippen LogP contribution in [0.25, 0.3) is 0 Å². The summed E-state index contributed by atoms with van der Waals surface area (Å²) in [7, 11) is 0. The molecule has 3 rings (SSSR count). The molecule has 0 spiro atoms. The Hall–Kier alpha value is -1.00. The van der Waals surface area contributed by atoms with Crippen LogP contribution in [0.5, 0.6) is 0 Å². The summed E-state index contributed by atoms with van der Waals surface area (Å²) < 4.78 is 0. The topological polar surface area (TPSA) is 55.1 Å². The molecule has 90 valence electrons. The fraction of sp³-hybridized carbons (Fsp3) is 0.462. The van der Waals surface area contributed by atoms with Crippen LogP contribution in [0.2, 0.25) is 0 Å². The van der Waals surface area contributed by atoms with Crippen LogP contribution in [0.15, 0.2) is 29.2 Å². The average molecular weight is 248 g/mol. The van der Waals surface area contributed by atoms with Crippen molar-refractivity contribution in [3.05, 3.63) is 29.8 Å². The van der Waals surface area contributed by atoms with Gasteiger partial charge in [0.15, 0.2) is 0 Å². The molecule has 1 aromatic carbocycles. The van der Waals surface area contributed by atoms with Crippen molar-refractivity contribution in [2.24, 2.45) is 5.73 Å². The Kier molecular flexibility index (Phi) is 2.84. The largest absolute Gasteiger partial charge is 0.352 e. The minimum Gasteiger partial charge on any atom is -0.352 e. The number of carbonyl (C=O) groups excluding carboxylic acids is 1. The first-order valence-corrected chi connectivity index (χ1v) is 6.91. The number of fused-ring (bicyclic) bond motifs is 1. The molecule has 1 saturated carbocycles. The zero-order valence-electron chi connectivity index (χ0n) is 9.56.